The third-order valence-corrected chi connectivity index (χ3v) is 6.34. The first-order valence-electron chi connectivity index (χ1n) is 10.1. The van der Waals surface area contributed by atoms with Gasteiger partial charge in [-0.15, -0.1) is 11.8 Å². The van der Waals surface area contributed by atoms with Crippen molar-refractivity contribution in [3.63, 3.8) is 0 Å². The summed E-state index contributed by atoms with van der Waals surface area (Å²) in [5, 5.41) is 0. The first-order chi connectivity index (χ1) is 14.6. The van der Waals surface area contributed by atoms with Crippen molar-refractivity contribution in [3.05, 3.63) is 47.5 Å². The number of amides is 1. The highest BCUT2D eigenvalue weighted by molar-refractivity contribution is 7.98. The van der Waals surface area contributed by atoms with Gasteiger partial charge in [-0.05, 0) is 55.5 Å². The van der Waals surface area contributed by atoms with Crippen molar-refractivity contribution in [1.82, 2.24) is 4.90 Å². The average molecular weight is 428 g/mol. The quantitative estimate of drug-likeness (QED) is 0.532. The number of fused-ring (bicyclic) bond motifs is 1. The first kappa shape index (κ1) is 20.6. The maximum absolute atomic E-state index is 13.0. The number of Topliss-reactive ketones (excluding diaryl/α,β-unsaturated/α-hetero) is 1. The molecule has 2 aromatic rings. The fourth-order valence-corrected chi connectivity index (χ4v) is 4.35. The zero-order valence-electron chi connectivity index (χ0n) is 17.2. The predicted octanol–water partition coefficient (Wildman–Crippen LogP) is 3.92. The summed E-state index contributed by atoms with van der Waals surface area (Å²) in [4.78, 5) is 28.8. The van der Waals surface area contributed by atoms with Gasteiger partial charge in [0.05, 0.1) is 12.7 Å². The van der Waals surface area contributed by atoms with Gasteiger partial charge >= 0.3 is 0 Å². The lowest BCUT2D eigenvalue weighted by Crippen LogP contribution is -2.40. The Morgan fingerprint density at radius 3 is 2.47 bits per heavy atom. The summed E-state index contributed by atoms with van der Waals surface area (Å²) in [7, 11) is 1.58. The van der Waals surface area contributed by atoms with Gasteiger partial charge in [-0.3, -0.25) is 9.59 Å². The summed E-state index contributed by atoms with van der Waals surface area (Å²) in [6, 6.07) is 11.0. The molecule has 0 aromatic heterocycles. The molecule has 0 spiro atoms. The molecule has 0 saturated carbocycles. The molecule has 1 amide bonds. The van der Waals surface area contributed by atoms with Crippen molar-refractivity contribution in [2.75, 3.05) is 39.7 Å². The van der Waals surface area contributed by atoms with Crippen LogP contribution >= 0.6 is 11.8 Å². The predicted molar refractivity (Wildman–Crippen MR) is 115 cm³/mol. The Bertz CT molecular complexity index is 953. The van der Waals surface area contributed by atoms with Gasteiger partial charge in [-0.25, -0.2) is 0 Å². The van der Waals surface area contributed by atoms with E-state index in [9.17, 15) is 9.59 Å². The van der Waals surface area contributed by atoms with Crippen molar-refractivity contribution < 1.29 is 23.8 Å². The summed E-state index contributed by atoms with van der Waals surface area (Å²) in [5.74, 6) is 1.84. The Hall–Kier alpha value is -2.67. The van der Waals surface area contributed by atoms with E-state index in [1.54, 1.807) is 37.1 Å². The van der Waals surface area contributed by atoms with Crippen LogP contribution < -0.4 is 14.2 Å². The molecule has 0 atom stereocenters. The van der Waals surface area contributed by atoms with E-state index in [0.717, 1.165) is 4.90 Å². The third-order valence-electron chi connectivity index (χ3n) is 5.62. The molecular weight excluding hydrogens is 402 g/mol. The standard InChI is InChI=1S/C23H25NO5S/c1-27-20-14-17(30-2)4-5-18(20)23(26)24-9-7-15(8-10-24)22(25)16-3-6-19-21(13-16)29-12-11-28-19/h3-6,13-15H,7-12H2,1-2H3. The molecule has 1 fully saturated rings. The Balaban J connectivity index is 1.41. The number of ketones is 1. The van der Waals surface area contributed by atoms with Crippen LogP contribution in [0.3, 0.4) is 0 Å². The van der Waals surface area contributed by atoms with Crippen molar-refractivity contribution in [2.45, 2.75) is 17.7 Å². The zero-order chi connectivity index (χ0) is 21.1. The van der Waals surface area contributed by atoms with Gasteiger partial charge in [0.1, 0.15) is 19.0 Å². The molecule has 7 heteroatoms. The molecule has 0 radical (unpaired) electrons. The van der Waals surface area contributed by atoms with Crippen LogP contribution in [0, 0.1) is 5.92 Å². The molecule has 6 nitrogen and oxygen atoms in total. The van der Waals surface area contributed by atoms with Gasteiger partial charge in [-0.1, -0.05) is 0 Å². The van der Waals surface area contributed by atoms with E-state index in [1.165, 1.54) is 0 Å². The highest BCUT2D eigenvalue weighted by Gasteiger charge is 2.30. The minimum absolute atomic E-state index is 0.0512. The number of ether oxygens (including phenoxy) is 3. The Kier molecular flexibility index (Phi) is 6.18. The second-order valence-corrected chi connectivity index (χ2v) is 8.24. The van der Waals surface area contributed by atoms with Crippen molar-refractivity contribution in [3.8, 4) is 17.2 Å². The summed E-state index contributed by atoms with van der Waals surface area (Å²) in [6.45, 7) is 2.12. The highest BCUT2D eigenvalue weighted by atomic mass is 32.2. The minimum Gasteiger partial charge on any atom is -0.496 e. The number of thioether (sulfide) groups is 1. The maximum Gasteiger partial charge on any atom is 0.257 e. The van der Waals surface area contributed by atoms with Gasteiger partial charge in [0.15, 0.2) is 17.3 Å². The summed E-state index contributed by atoms with van der Waals surface area (Å²) in [6.07, 6.45) is 3.27. The Morgan fingerprint density at radius 2 is 1.77 bits per heavy atom. The Morgan fingerprint density at radius 1 is 1.03 bits per heavy atom. The van der Waals surface area contributed by atoms with Crippen molar-refractivity contribution in [1.29, 1.82) is 0 Å². The number of hydrogen-bond acceptors (Lipinski definition) is 6. The van der Waals surface area contributed by atoms with Gasteiger partial charge in [-0.2, -0.15) is 0 Å². The fraction of sp³-hybridized carbons (Fsp3) is 0.391. The van der Waals surface area contributed by atoms with Crippen LogP contribution in [0.25, 0.3) is 0 Å². The summed E-state index contributed by atoms with van der Waals surface area (Å²) in [5.41, 5.74) is 1.20. The average Bonchev–Trinajstić information content (AvgIpc) is 2.82. The molecule has 30 heavy (non-hydrogen) atoms. The molecular formula is C23H25NO5S. The molecule has 0 bridgehead atoms. The normalized spacial score (nSPS) is 16.3. The molecule has 2 aliphatic heterocycles. The largest absolute Gasteiger partial charge is 0.496 e. The van der Waals surface area contributed by atoms with Crippen LogP contribution in [-0.2, 0) is 0 Å². The van der Waals surface area contributed by atoms with Crippen LogP contribution in [0.4, 0.5) is 0 Å². The smallest absolute Gasteiger partial charge is 0.257 e. The summed E-state index contributed by atoms with van der Waals surface area (Å²) < 4.78 is 16.5. The zero-order valence-corrected chi connectivity index (χ0v) is 18.0. The van der Waals surface area contributed by atoms with Gasteiger partial charge in [0, 0.05) is 29.5 Å². The molecule has 2 aromatic carbocycles. The van der Waals surface area contributed by atoms with Gasteiger partial charge in [0.2, 0.25) is 0 Å². The van der Waals surface area contributed by atoms with Crippen LogP contribution in [0.5, 0.6) is 17.2 Å². The fourth-order valence-electron chi connectivity index (χ4n) is 3.92. The lowest BCUT2D eigenvalue weighted by atomic mass is 9.88. The molecule has 0 N–H and O–H groups in total. The van der Waals surface area contributed by atoms with E-state index in [1.807, 2.05) is 29.4 Å². The van der Waals surface area contributed by atoms with Crippen LogP contribution in [-0.4, -0.2) is 56.3 Å². The number of piperidine rings is 1. The lowest BCUT2D eigenvalue weighted by molar-refractivity contribution is 0.0647. The molecule has 158 valence electrons. The topological polar surface area (TPSA) is 65.1 Å². The molecule has 1 saturated heterocycles. The molecule has 0 unspecified atom stereocenters. The number of carbonyl (C=O) groups excluding carboxylic acids is 2. The van der Waals surface area contributed by atoms with E-state index in [-0.39, 0.29) is 17.6 Å². The van der Waals surface area contributed by atoms with Crippen molar-refractivity contribution in [2.24, 2.45) is 5.92 Å². The number of nitrogens with zero attached hydrogens (tertiary/aromatic N) is 1. The number of benzene rings is 2. The Labute approximate surface area is 180 Å². The number of rotatable bonds is 5. The molecule has 2 heterocycles. The first-order valence-corrected chi connectivity index (χ1v) is 11.3. The van der Waals surface area contributed by atoms with Crippen LogP contribution in [0.15, 0.2) is 41.3 Å². The van der Waals surface area contributed by atoms with Gasteiger partial charge < -0.3 is 19.1 Å². The van der Waals surface area contributed by atoms with E-state index in [2.05, 4.69) is 0 Å². The van der Waals surface area contributed by atoms with E-state index in [4.69, 9.17) is 14.2 Å². The molecule has 2 aliphatic rings. The summed E-state index contributed by atoms with van der Waals surface area (Å²) >= 11 is 1.61. The maximum atomic E-state index is 13.0. The van der Waals surface area contributed by atoms with Crippen molar-refractivity contribution >= 4 is 23.5 Å². The van der Waals surface area contributed by atoms with E-state index >= 15 is 0 Å². The second-order valence-electron chi connectivity index (χ2n) is 7.36. The van der Waals surface area contributed by atoms with Crippen LogP contribution in [0.1, 0.15) is 33.6 Å². The SMILES string of the molecule is COc1cc(SC)ccc1C(=O)N1CCC(C(=O)c2ccc3c(c2)OCCO3)CC1. The number of carbonyl (C=O) groups is 2. The molecule has 4 rings (SSSR count). The van der Waals surface area contributed by atoms with Crippen LogP contribution in [0.2, 0.25) is 0 Å². The highest BCUT2D eigenvalue weighted by Crippen LogP contribution is 2.33. The lowest BCUT2D eigenvalue weighted by Gasteiger charge is -2.32. The van der Waals surface area contributed by atoms with Gasteiger partial charge in [0.25, 0.3) is 5.91 Å². The van der Waals surface area contributed by atoms with E-state index in [0.29, 0.717) is 67.5 Å². The number of hydrogen-bond donors (Lipinski definition) is 0. The van der Waals surface area contributed by atoms with E-state index < -0.39 is 0 Å². The molecule has 0 aliphatic carbocycles. The number of methoxy groups -OCH3 is 1. The number of likely N-dealkylation sites (tertiary alicyclic amines) is 1. The monoisotopic (exact) mass is 427 g/mol. The second kappa shape index (κ2) is 9.00. The third kappa shape index (κ3) is 4.12. The minimum atomic E-state index is -0.0997.